The van der Waals surface area contributed by atoms with Gasteiger partial charge in [0, 0.05) is 28.8 Å². The van der Waals surface area contributed by atoms with E-state index < -0.39 is 46.2 Å². The molecule has 0 bridgehead atoms. The molecule has 4 aromatic rings. The van der Waals surface area contributed by atoms with E-state index in [1.165, 1.54) is 13.2 Å². The molecule has 0 aliphatic carbocycles. The third-order valence-electron chi connectivity index (χ3n) is 7.03. The molecule has 0 fully saturated rings. The Morgan fingerprint density at radius 3 is 2.39 bits per heavy atom. The summed E-state index contributed by atoms with van der Waals surface area (Å²) in [5.74, 6) is -3.75. The van der Waals surface area contributed by atoms with Crippen LogP contribution in [0, 0.1) is 11.6 Å². The molecule has 5 rings (SSSR count). The van der Waals surface area contributed by atoms with Gasteiger partial charge in [-0.15, -0.1) is 0 Å². The number of ether oxygens (including phenoxy) is 2. The summed E-state index contributed by atoms with van der Waals surface area (Å²) in [4.78, 5) is 28.4. The number of nitrogens with two attached hydrogens (primary N) is 1. The Labute approximate surface area is 261 Å². The highest BCUT2D eigenvalue weighted by Crippen LogP contribution is 2.48. The smallest absolute Gasteiger partial charge is 0.416 e. The number of hydrogen-bond acceptors (Lipinski definition) is 5. The van der Waals surface area contributed by atoms with Crippen molar-refractivity contribution in [3.8, 4) is 22.6 Å². The second-order valence-corrected chi connectivity index (χ2v) is 11.0. The van der Waals surface area contributed by atoms with Gasteiger partial charge in [0.2, 0.25) is 5.91 Å². The number of methoxy groups -OCH3 is 1. The van der Waals surface area contributed by atoms with Crippen LogP contribution in [0.1, 0.15) is 37.4 Å². The molecule has 13 heteroatoms. The lowest BCUT2D eigenvalue weighted by Crippen LogP contribution is -2.33. The van der Waals surface area contributed by atoms with E-state index in [-0.39, 0.29) is 44.6 Å². The quantitative estimate of drug-likeness (QED) is 0.158. The summed E-state index contributed by atoms with van der Waals surface area (Å²) in [6, 6.07) is 12.2. The summed E-state index contributed by atoms with van der Waals surface area (Å²) in [7, 11) is 1.54. The Hall–Kier alpha value is -4.16. The van der Waals surface area contributed by atoms with Crippen LogP contribution in [0.15, 0.2) is 65.1 Å². The zero-order valence-corrected chi connectivity index (χ0v) is 25.0. The van der Waals surface area contributed by atoms with E-state index >= 15 is 4.39 Å². The molecule has 1 heterocycles. The summed E-state index contributed by atoms with van der Waals surface area (Å²) in [5, 5.41) is -0.138. The van der Waals surface area contributed by atoms with Gasteiger partial charge in [0.1, 0.15) is 29.7 Å². The van der Waals surface area contributed by atoms with Crippen molar-refractivity contribution in [1.82, 2.24) is 0 Å². The zero-order chi connectivity index (χ0) is 31.9. The number of carbonyl (C=O) groups excluding carboxylic acids is 2. The number of hydrogen-bond donors (Lipinski definition) is 1. The molecule has 44 heavy (non-hydrogen) atoms. The Morgan fingerprint density at radius 1 is 1.05 bits per heavy atom. The van der Waals surface area contributed by atoms with E-state index in [0.29, 0.717) is 30.6 Å². The first kappa shape index (κ1) is 31.3. The molecule has 0 saturated heterocycles. The highest BCUT2D eigenvalue weighted by atomic mass is 79.9. The van der Waals surface area contributed by atoms with Gasteiger partial charge in [0.05, 0.1) is 40.0 Å². The Kier molecular flexibility index (Phi) is 8.59. The molecule has 1 amide bonds. The summed E-state index contributed by atoms with van der Waals surface area (Å²) in [5.41, 5.74) is 2.79. The first-order chi connectivity index (χ1) is 20.8. The molecular weight excluding hydrogens is 675 g/mol. The fourth-order valence-electron chi connectivity index (χ4n) is 4.97. The van der Waals surface area contributed by atoms with Gasteiger partial charge in [0.15, 0.2) is 5.78 Å². The average Bonchev–Trinajstić information content (AvgIpc) is 2.97. The van der Waals surface area contributed by atoms with Gasteiger partial charge in [-0.25, -0.2) is 8.78 Å². The molecule has 0 radical (unpaired) electrons. The third kappa shape index (κ3) is 5.96. The van der Waals surface area contributed by atoms with Crippen molar-refractivity contribution in [2.75, 3.05) is 25.2 Å². The SMILES string of the molecule is COc1ccc(CN2CCOc3cc(-c4c(F)cc(C(F)(F)F)cc4C(N)=O)c(C(=O)c4cc(F)ccc4Cl)c(Br)c32)cc1. The molecule has 1 aliphatic heterocycles. The van der Waals surface area contributed by atoms with Crippen molar-refractivity contribution < 1.29 is 41.0 Å². The largest absolute Gasteiger partial charge is 0.497 e. The van der Waals surface area contributed by atoms with Crippen molar-refractivity contribution in [2.24, 2.45) is 5.73 Å². The van der Waals surface area contributed by atoms with Crippen LogP contribution in [0.5, 0.6) is 11.5 Å². The van der Waals surface area contributed by atoms with Crippen molar-refractivity contribution >= 4 is 44.9 Å². The normalized spacial score (nSPS) is 12.9. The number of carbonyl (C=O) groups is 2. The van der Waals surface area contributed by atoms with Gasteiger partial charge in [-0.1, -0.05) is 23.7 Å². The van der Waals surface area contributed by atoms with Crippen LogP contribution in [-0.4, -0.2) is 32.0 Å². The fourth-order valence-corrected chi connectivity index (χ4v) is 6.02. The number of rotatable bonds is 7. The number of nitrogens with zero attached hydrogens (tertiary/aromatic N) is 1. The summed E-state index contributed by atoms with van der Waals surface area (Å²) in [6.07, 6.45) is -5.00. The first-order valence-electron chi connectivity index (χ1n) is 12.9. The lowest BCUT2D eigenvalue weighted by Gasteiger charge is -2.34. The number of benzene rings is 4. The van der Waals surface area contributed by atoms with Crippen molar-refractivity contribution in [1.29, 1.82) is 0 Å². The molecule has 6 nitrogen and oxygen atoms in total. The first-order valence-corrected chi connectivity index (χ1v) is 14.0. The van der Waals surface area contributed by atoms with Crippen LogP contribution in [0.2, 0.25) is 5.02 Å². The summed E-state index contributed by atoms with van der Waals surface area (Å²) >= 11 is 9.71. The van der Waals surface area contributed by atoms with Crippen LogP contribution >= 0.6 is 27.5 Å². The topological polar surface area (TPSA) is 81.9 Å². The number of alkyl halides is 3. The Balaban J connectivity index is 1.78. The number of ketones is 1. The van der Waals surface area contributed by atoms with Crippen LogP contribution < -0.4 is 20.1 Å². The number of fused-ring (bicyclic) bond motifs is 1. The zero-order valence-electron chi connectivity index (χ0n) is 22.7. The van der Waals surface area contributed by atoms with Gasteiger partial charge < -0.3 is 20.1 Å². The van der Waals surface area contributed by atoms with Crippen LogP contribution in [-0.2, 0) is 12.7 Å². The maximum Gasteiger partial charge on any atom is 0.416 e. The van der Waals surface area contributed by atoms with Crippen molar-refractivity contribution in [3.05, 3.63) is 110 Å². The van der Waals surface area contributed by atoms with Crippen molar-refractivity contribution in [3.63, 3.8) is 0 Å². The van der Waals surface area contributed by atoms with Gasteiger partial charge in [0.25, 0.3) is 0 Å². The fraction of sp³-hybridized carbons (Fsp3) is 0.161. The Morgan fingerprint density at radius 2 is 1.75 bits per heavy atom. The second kappa shape index (κ2) is 12.1. The minimum Gasteiger partial charge on any atom is -0.497 e. The number of anilines is 1. The minimum atomic E-state index is -5.00. The highest BCUT2D eigenvalue weighted by Gasteiger charge is 2.36. The van der Waals surface area contributed by atoms with Gasteiger partial charge >= 0.3 is 6.18 Å². The Bertz CT molecular complexity index is 1800. The maximum atomic E-state index is 15.7. The van der Waals surface area contributed by atoms with Crippen LogP contribution in [0.25, 0.3) is 11.1 Å². The molecule has 4 aromatic carbocycles. The number of halogens is 7. The lowest BCUT2D eigenvalue weighted by molar-refractivity contribution is -0.137. The molecular formula is C31H21BrClF5N2O4. The van der Waals surface area contributed by atoms with Crippen LogP contribution in [0.4, 0.5) is 27.6 Å². The second-order valence-electron chi connectivity index (χ2n) is 9.77. The average molecular weight is 696 g/mol. The minimum absolute atomic E-state index is 0.0539. The van der Waals surface area contributed by atoms with E-state index in [1.807, 2.05) is 17.0 Å². The molecule has 0 spiro atoms. The van der Waals surface area contributed by atoms with Crippen molar-refractivity contribution in [2.45, 2.75) is 12.7 Å². The number of amides is 1. The molecule has 0 aromatic heterocycles. The third-order valence-corrected chi connectivity index (χ3v) is 8.13. The molecule has 0 saturated carbocycles. The standard InChI is InChI=1S/C31H21BrClF5N2O4/c1-43-18-5-2-15(3-6-18)14-40-8-9-44-24-13-20(25-21(30(39)42)10-16(11-23(25)35)31(36,37)38)26(27(32)28(24)40)29(41)19-12-17(34)4-7-22(19)33/h2-7,10-13H,8-9,14H2,1H3,(H2,39,42). The summed E-state index contributed by atoms with van der Waals surface area (Å²) in [6.45, 7) is 0.844. The molecule has 0 atom stereocenters. The monoisotopic (exact) mass is 694 g/mol. The molecule has 0 unspecified atom stereocenters. The predicted octanol–water partition coefficient (Wildman–Crippen LogP) is 7.80. The molecule has 1 aliphatic rings. The lowest BCUT2D eigenvalue weighted by atomic mass is 9.88. The summed E-state index contributed by atoms with van der Waals surface area (Å²) < 4.78 is 81.7. The molecule has 2 N–H and O–H groups in total. The van der Waals surface area contributed by atoms with E-state index in [1.54, 1.807) is 12.1 Å². The highest BCUT2D eigenvalue weighted by molar-refractivity contribution is 9.10. The van der Waals surface area contributed by atoms with Gasteiger partial charge in [-0.05, 0) is 70.0 Å². The molecule has 228 valence electrons. The maximum absolute atomic E-state index is 15.7. The van der Waals surface area contributed by atoms with E-state index in [0.717, 1.165) is 23.8 Å². The van der Waals surface area contributed by atoms with E-state index in [9.17, 15) is 27.2 Å². The van der Waals surface area contributed by atoms with E-state index in [2.05, 4.69) is 15.9 Å². The van der Waals surface area contributed by atoms with Gasteiger partial charge in [-0.3, -0.25) is 9.59 Å². The predicted molar refractivity (Wildman–Crippen MR) is 157 cm³/mol. The number of primary amides is 1. The van der Waals surface area contributed by atoms with Gasteiger partial charge in [-0.2, -0.15) is 13.2 Å². The van der Waals surface area contributed by atoms with E-state index in [4.69, 9.17) is 26.8 Å². The van der Waals surface area contributed by atoms with Crippen LogP contribution in [0.3, 0.4) is 0 Å².